The van der Waals surface area contributed by atoms with E-state index in [2.05, 4.69) is 24.3 Å². The molecule has 2 N–H and O–H groups in total. The number of aryl methyl sites for hydroxylation is 1. The van der Waals surface area contributed by atoms with Crippen LogP contribution in [0.15, 0.2) is 24.3 Å². The Balaban J connectivity index is 1.72. The first-order valence-electron chi connectivity index (χ1n) is 6.68. The third-order valence-corrected chi connectivity index (χ3v) is 5.43. The maximum Gasteiger partial charge on any atom is 0.0287 e. The molecule has 2 saturated carbocycles. The normalized spacial score (nSPS) is 44.2. The SMILES string of the molecule is NC1(C2CCc3ccccc32)C2CCCC21. The van der Waals surface area contributed by atoms with Gasteiger partial charge in [0.05, 0.1) is 0 Å². The molecule has 16 heavy (non-hydrogen) atoms. The fraction of sp³-hybridized carbons (Fsp3) is 0.600. The molecule has 1 heteroatoms. The summed E-state index contributed by atoms with van der Waals surface area (Å²) in [6, 6.07) is 8.95. The van der Waals surface area contributed by atoms with E-state index in [1.807, 2.05) is 0 Å². The van der Waals surface area contributed by atoms with Crippen molar-refractivity contribution in [3.8, 4) is 0 Å². The van der Waals surface area contributed by atoms with E-state index in [1.54, 1.807) is 11.1 Å². The van der Waals surface area contributed by atoms with Crippen LogP contribution >= 0.6 is 0 Å². The molecule has 0 aromatic heterocycles. The van der Waals surface area contributed by atoms with Gasteiger partial charge in [0.25, 0.3) is 0 Å². The first-order valence-corrected chi connectivity index (χ1v) is 6.68. The maximum absolute atomic E-state index is 6.72. The molecule has 3 aliphatic rings. The van der Waals surface area contributed by atoms with Crippen molar-refractivity contribution in [3.05, 3.63) is 35.4 Å². The summed E-state index contributed by atoms with van der Waals surface area (Å²) in [6.07, 6.45) is 6.74. The highest BCUT2D eigenvalue weighted by atomic mass is 14.9. The number of hydrogen-bond donors (Lipinski definition) is 1. The highest BCUT2D eigenvalue weighted by molar-refractivity contribution is 5.41. The van der Waals surface area contributed by atoms with Crippen molar-refractivity contribution in [1.82, 2.24) is 0 Å². The van der Waals surface area contributed by atoms with Gasteiger partial charge >= 0.3 is 0 Å². The van der Waals surface area contributed by atoms with Gasteiger partial charge in [0, 0.05) is 11.5 Å². The van der Waals surface area contributed by atoms with Gasteiger partial charge in [-0.2, -0.15) is 0 Å². The van der Waals surface area contributed by atoms with Crippen LogP contribution in [0.25, 0.3) is 0 Å². The molecule has 3 unspecified atom stereocenters. The summed E-state index contributed by atoms with van der Waals surface area (Å²) in [4.78, 5) is 0. The Morgan fingerprint density at radius 3 is 2.62 bits per heavy atom. The van der Waals surface area contributed by atoms with Crippen LogP contribution in [0.4, 0.5) is 0 Å². The van der Waals surface area contributed by atoms with E-state index >= 15 is 0 Å². The van der Waals surface area contributed by atoms with Crippen LogP contribution in [-0.2, 0) is 6.42 Å². The van der Waals surface area contributed by atoms with E-state index in [0.29, 0.717) is 5.92 Å². The van der Waals surface area contributed by atoms with Crippen molar-refractivity contribution in [2.75, 3.05) is 0 Å². The van der Waals surface area contributed by atoms with E-state index in [1.165, 1.54) is 32.1 Å². The second kappa shape index (κ2) is 2.89. The summed E-state index contributed by atoms with van der Waals surface area (Å²) in [7, 11) is 0. The van der Waals surface area contributed by atoms with Crippen molar-refractivity contribution in [2.45, 2.75) is 43.6 Å². The number of rotatable bonds is 1. The Hall–Kier alpha value is -0.820. The molecule has 3 aliphatic carbocycles. The molecular weight excluding hydrogens is 194 g/mol. The molecule has 0 heterocycles. The summed E-state index contributed by atoms with van der Waals surface area (Å²) in [5.41, 5.74) is 10.0. The van der Waals surface area contributed by atoms with E-state index in [0.717, 1.165) is 11.8 Å². The van der Waals surface area contributed by atoms with Gasteiger partial charge in [-0.1, -0.05) is 30.7 Å². The smallest absolute Gasteiger partial charge is 0.0287 e. The molecule has 0 radical (unpaired) electrons. The second-order valence-electron chi connectivity index (χ2n) is 5.93. The zero-order chi connectivity index (χ0) is 10.8. The van der Waals surface area contributed by atoms with E-state index in [9.17, 15) is 0 Å². The molecular formula is C15H19N. The molecule has 0 aliphatic heterocycles. The average Bonchev–Trinajstić information content (AvgIpc) is 2.81. The van der Waals surface area contributed by atoms with Gasteiger partial charge in [-0.3, -0.25) is 0 Å². The lowest BCUT2D eigenvalue weighted by molar-refractivity contribution is 0.416. The highest BCUT2D eigenvalue weighted by Gasteiger charge is 2.67. The fourth-order valence-corrected chi connectivity index (χ4v) is 4.64. The minimum absolute atomic E-state index is 0.185. The Bertz CT molecular complexity index is 427. The Morgan fingerprint density at radius 2 is 1.81 bits per heavy atom. The number of nitrogens with two attached hydrogens (primary N) is 1. The van der Waals surface area contributed by atoms with E-state index in [4.69, 9.17) is 5.73 Å². The van der Waals surface area contributed by atoms with Crippen LogP contribution in [-0.4, -0.2) is 5.54 Å². The first kappa shape index (κ1) is 9.23. The zero-order valence-electron chi connectivity index (χ0n) is 9.65. The summed E-state index contributed by atoms with van der Waals surface area (Å²) in [6.45, 7) is 0. The molecule has 1 aromatic rings. The third kappa shape index (κ3) is 0.958. The molecule has 84 valence electrons. The maximum atomic E-state index is 6.72. The van der Waals surface area contributed by atoms with Crippen molar-refractivity contribution in [3.63, 3.8) is 0 Å². The molecule has 0 bridgehead atoms. The summed E-state index contributed by atoms with van der Waals surface area (Å²) < 4.78 is 0. The average molecular weight is 213 g/mol. The predicted octanol–water partition coefficient (Wildman–Crippen LogP) is 2.84. The molecule has 1 aromatic carbocycles. The Labute approximate surface area is 97.0 Å². The van der Waals surface area contributed by atoms with E-state index < -0.39 is 0 Å². The summed E-state index contributed by atoms with van der Waals surface area (Å²) in [5, 5.41) is 0. The van der Waals surface area contributed by atoms with Crippen LogP contribution in [0.2, 0.25) is 0 Å². The third-order valence-electron chi connectivity index (χ3n) is 5.43. The van der Waals surface area contributed by atoms with Crippen molar-refractivity contribution >= 4 is 0 Å². The fourth-order valence-electron chi connectivity index (χ4n) is 4.64. The van der Waals surface area contributed by atoms with Gasteiger partial charge < -0.3 is 5.73 Å². The minimum atomic E-state index is 0.185. The number of hydrogen-bond acceptors (Lipinski definition) is 1. The van der Waals surface area contributed by atoms with E-state index in [-0.39, 0.29) is 5.54 Å². The monoisotopic (exact) mass is 213 g/mol. The molecule has 0 amide bonds. The van der Waals surface area contributed by atoms with Gasteiger partial charge in [0.2, 0.25) is 0 Å². The molecule has 4 rings (SSSR count). The first-order chi connectivity index (χ1) is 7.82. The quantitative estimate of drug-likeness (QED) is 0.762. The lowest BCUT2D eigenvalue weighted by Gasteiger charge is -2.24. The van der Waals surface area contributed by atoms with Gasteiger partial charge in [0.15, 0.2) is 0 Å². The molecule has 1 nitrogen and oxygen atoms in total. The van der Waals surface area contributed by atoms with Crippen LogP contribution in [0.5, 0.6) is 0 Å². The highest BCUT2D eigenvalue weighted by Crippen LogP contribution is 2.66. The topological polar surface area (TPSA) is 26.0 Å². The Morgan fingerprint density at radius 1 is 1.06 bits per heavy atom. The molecule has 0 saturated heterocycles. The van der Waals surface area contributed by atoms with Gasteiger partial charge in [-0.25, -0.2) is 0 Å². The zero-order valence-corrected chi connectivity index (χ0v) is 9.65. The van der Waals surface area contributed by atoms with Crippen LogP contribution < -0.4 is 5.73 Å². The molecule has 2 fully saturated rings. The summed E-state index contributed by atoms with van der Waals surface area (Å²) >= 11 is 0. The van der Waals surface area contributed by atoms with Gasteiger partial charge in [0.1, 0.15) is 0 Å². The lowest BCUT2D eigenvalue weighted by Crippen LogP contribution is -2.35. The Kier molecular flexibility index (Phi) is 1.67. The van der Waals surface area contributed by atoms with Gasteiger partial charge in [-0.05, 0) is 48.6 Å². The van der Waals surface area contributed by atoms with Crippen LogP contribution in [0.1, 0.15) is 42.7 Å². The largest absolute Gasteiger partial charge is 0.324 e. The van der Waals surface area contributed by atoms with Crippen molar-refractivity contribution < 1.29 is 0 Å². The predicted molar refractivity (Wildman–Crippen MR) is 65.3 cm³/mol. The van der Waals surface area contributed by atoms with Crippen molar-refractivity contribution in [1.29, 1.82) is 0 Å². The summed E-state index contributed by atoms with van der Waals surface area (Å²) in [5.74, 6) is 2.37. The molecule has 0 spiro atoms. The minimum Gasteiger partial charge on any atom is -0.324 e. The lowest BCUT2D eigenvalue weighted by atomic mass is 9.86. The number of fused-ring (bicyclic) bond motifs is 2. The van der Waals surface area contributed by atoms with Crippen LogP contribution in [0, 0.1) is 11.8 Å². The second-order valence-corrected chi connectivity index (χ2v) is 5.93. The molecule has 3 atom stereocenters. The van der Waals surface area contributed by atoms with Crippen LogP contribution in [0.3, 0.4) is 0 Å². The number of benzene rings is 1. The standard InChI is InChI=1S/C15H19N/c16-15(13-6-3-7-14(13)15)12-9-8-10-4-1-2-5-11(10)12/h1-2,4-5,12-14H,3,6-9,16H2. The van der Waals surface area contributed by atoms with Gasteiger partial charge in [-0.15, -0.1) is 0 Å². The van der Waals surface area contributed by atoms with Crippen molar-refractivity contribution in [2.24, 2.45) is 17.6 Å².